The second-order valence-electron chi connectivity index (χ2n) is 8.53. The minimum Gasteiger partial charge on any atom is -0.492 e. The lowest BCUT2D eigenvalue weighted by molar-refractivity contribution is 0.122. The molecule has 1 aliphatic rings. The third-order valence-electron chi connectivity index (χ3n) is 6.27. The van der Waals surface area contributed by atoms with Crippen LogP contribution in [0.3, 0.4) is 0 Å². The first-order valence-corrected chi connectivity index (χ1v) is 11.8. The van der Waals surface area contributed by atoms with E-state index in [0.717, 1.165) is 71.4 Å². The van der Waals surface area contributed by atoms with Gasteiger partial charge in [-0.1, -0.05) is 6.07 Å². The normalized spacial score (nSPS) is 14.1. The number of fused-ring (bicyclic) bond motifs is 2. The summed E-state index contributed by atoms with van der Waals surface area (Å²) in [6.45, 7) is 5.75. The van der Waals surface area contributed by atoms with Crippen LogP contribution in [0.1, 0.15) is 6.92 Å². The zero-order valence-corrected chi connectivity index (χ0v) is 19.8. The lowest BCUT2D eigenvalue weighted by Gasteiger charge is -2.30. The van der Waals surface area contributed by atoms with Crippen molar-refractivity contribution in [3.05, 3.63) is 61.3 Å². The monoisotopic (exact) mass is 469 g/mol. The highest BCUT2D eigenvalue weighted by molar-refractivity contribution is 5.82. The van der Waals surface area contributed by atoms with Crippen LogP contribution in [0.5, 0.6) is 5.75 Å². The van der Waals surface area contributed by atoms with E-state index in [0.29, 0.717) is 12.4 Å². The number of anilines is 3. The molecule has 178 valence electrons. The van der Waals surface area contributed by atoms with Crippen molar-refractivity contribution < 1.29 is 9.47 Å². The molecule has 1 aliphatic heterocycles. The molecular formula is C26H27N7O2. The van der Waals surface area contributed by atoms with E-state index < -0.39 is 0 Å². The van der Waals surface area contributed by atoms with Crippen LogP contribution in [0, 0.1) is 0 Å². The topological polar surface area (TPSA) is 81.7 Å². The van der Waals surface area contributed by atoms with Crippen LogP contribution >= 0.6 is 0 Å². The highest BCUT2D eigenvalue weighted by Gasteiger charge is 2.17. The van der Waals surface area contributed by atoms with Crippen LogP contribution in [-0.2, 0) is 11.8 Å². The van der Waals surface area contributed by atoms with Crippen LogP contribution < -0.4 is 15.0 Å². The molecule has 9 nitrogen and oxygen atoms in total. The van der Waals surface area contributed by atoms with Gasteiger partial charge in [-0.25, -0.2) is 15.0 Å². The lowest BCUT2D eigenvalue weighted by Crippen LogP contribution is -2.36. The zero-order valence-electron chi connectivity index (χ0n) is 19.8. The van der Waals surface area contributed by atoms with Gasteiger partial charge < -0.3 is 28.7 Å². The van der Waals surface area contributed by atoms with Gasteiger partial charge in [-0.3, -0.25) is 0 Å². The van der Waals surface area contributed by atoms with E-state index in [1.807, 2.05) is 53.8 Å². The zero-order chi connectivity index (χ0) is 23.8. The molecule has 1 saturated heterocycles. The summed E-state index contributed by atoms with van der Waals surface area (Å²) in [5.74, 6) is 1.52. The predicted octanol–water partition coefficient (Wildman–Crippen LogP) is 4.26. The van der Waals surface area contributed by atoms with Crippen molar-refractivity contribution >= 4 is 33.9 Å². The molecule has 1 fully saturated rings. The van der Waals surface area contributed by atoms with Gasteiger partial charge in [0.25, 0.3) is 0 Å². The Hall–Kier alpha value is -4.11. The van der Waals surface area contributed by atoms with E-state index >= 15 is 0 Å². The summed E-state index contributed by atoms with van der Waals surface area (Å²) in [7, 11) is 2.00. The average molecular weight is 470 g/mol. The van der Waals surface area contributed by atoms with Gasteiger partial charge in [0, 0.05) is 56.0 Å². The second kappa shape index (κ2) is 8.92. The maximum atomic E-state index is 6.01. The van der Waals surface area contributed by atoms with Gasteiger partial charge >= 0.3 is 0 Å². The van der Waals surface area contributed by atoms with Crippen LogP contribution in [0.15, 0.2) is 61.3 Å². The first kappa shape index (κ1) is 21.4. The number of aryl methyl sites for hydroxylation is 1. The number of hydrogen-bond donors (Lipinski definition) is 1. The van der Waals surface area contributed by atoms with Crippen molar-refractivity contribution in [2.45, 2.75) is 6.92 Å². The number of hydrogen-bond acceptors (Lipinski definition) is 7. The Morgan fingerprint density at radius 2 is 1.97 bits per heavy atom. The summed E-state index contributed by atoms with van der Waals surface area (Å²) >= 11 is 0. The smallest absolute Gasteiger partial charge is 0.180 e. The summed E-state index contributed by atoms with van der Waals surface area (Å²) in [5.41, 5.74) is 6.60. The number of ether oxygens (including phenoxy) is 2. The Morgan fingerprint density at radius 3 is 2.83 bits per heavy atom. The molecule has 4 heterocycles. The first-order valence-electron chi connectivity index (χ1n) is 11.8. The highest BCUT2D eigenvalue weighted by Crippen LogP contribution is 2.34. The minimum absolute atomic E-state index is 0.593. The summed E-state index contributed by atoms with van der Waals surface area (Å²) in [5, 5.41) is 3.48. The number of rotatable bonds is 6. The number of aromatic nitrogens is 5. The number of benzene rings is 2. The summed E-state index contributed by atoms with van der Waals surface area (Å²) < 4.78 is 15.5. The SMILES string of the molecule is CCOc1cc(Nc2nc(-c3ccc4ncn(C)c4c3)cn3ccnc23)ccc1N1CCOCC1. The maximum absolute atomic E-state index is 6.01. The molecule has 5 aromatic rings. The average Bonchev–Trinajstić information content (AvgIpc) is 3.51. The van der Waals surface area contributed by atoms with E-state index in [2.05, 4.69) is 44.5 Å². The van der Waals surface area contributed by atoms with Gasteiger partial charge in [0.2, 0.25) is 0 Å². The minimum atomic E-state index is 0.593. The Morgan fingerprint density at radius 1 is 1.09 bits per heavy atom. The Bertz CT molecular complexity index is 1500. The van der Waals surface area contributed by atoms with Gasteiger partial charge in [0.1, 0.15) is 5.75 Å². The molecule has 0 aliphatic carbocycles. The fourth-order valence-corrected chi connectivity index (χ4v) is 4.51. The molecule has 0 spiro atoms. The number of morpholine rings is 1. The number of nitrogens with one attached hydrogen (secondary N) is 1. The van der Waals surface area contributed by atoms with Crippen LogP contribution in [-0.4, -0.2) is 56.8 Å². The molecule has 1 N–H and O–H groups in total. The van der Waals surface area contributed by atoms with Crippen LogP contribution in [0.4, 0.5) is 17.2 Å². The molecule has 3 aromatic heterocycles. The van der Waals surface area contributed by atoms with Crippen molar-refractivity contribution in [2.75, 3.05) is 43.1 Å². The largest absolute Gasteiger partial charge is 0.492 e. The molecule has 0 atom stereocenters. The number of nitrogens with zero attached hydrogens (tertiary/aromatic N) is 6. The quantitative estimate of drug-likeness (QED) is 0.398. The van der Waals surface area contributed by atoms with Crippen molar-refractivity contribution in [2.24, 2.45) is 7.05 Å². The van der Waals surface area contributed by atoms with E-state index in [9.17, 15) is 0 Å². The van der Waals surface area contributed by atoms with E-state index in [-0.39, 0.29) is 0 Å². The molecule has 0 saturated carbocycles. The van der Waals surface area contributed by atoms with Crippen molar-refractivity contribution in [3.8, 4) is 17.0 Å². The first-order chi connectivity index (χ1) is 17.2. The summed E-state index contributed by atoms with van der Waals surface area (Å²) in [6, 6.07) is 12.4. The van der Waals surface area contributed by atoms with Gasteiger partial charge in [0.05, 0.1) is 48.6 Å². The van der Waals surface area contributed by atoms with Gasteiger partial charge in [0.15, 0.2) is 11.5 Å². The molecule has 0 bridgehead atoms. The molecule has 9 heteroatoms. The Balaban J connectivity index is 1.38. The van der Waals surface area contributed by atoms with Crippen LogP contribution in [0.25, 0.3) is 27.9 Å². The van der Waals surface area contributed by atoms with Gasteiger partial charge in [-0.05, 0) is 31.2 Å². The van der Waals surface area contributed by atoms with Crippen molar-refractivity contribution in [3.63, 3.8) is 0 Å². The molecule has 2 aromatic carbocycles. The molecule has 35 heavy (non-hydrogen) atoms. The van der Waals surface area contributed by atoms with E-state index in [1.165, 1.54) is 0 Å². The fourth-order valence-electron chi connectivity index (χ4n) is 4.51. The van der Waals surface area contributed by atoms with Gasteiger partial charge in [-0.15, -0.1) is 0 Å². The standard InChI is InChI=1S/C26H27N7O2/c1-3-35-24-15-19(5-7-22(24)32-10-12-34-13-11-32)29-25-26-27-8-9-33(26)16-21(30-25)18-4-6-20-23(14-18)31(2)17-28-20/h4-9,14-17H,3,10-13H2,1-2H3,(H,29,30). The van der Waals surface area contributed by atoms with E-state index in [1.54, 1.807) is 6.20 Å². The molecule has 0 unspecified atom stereocenters. The van der Waals surface area contributed by atoms with Crippen molar-refractivity contribution in [1.82, 2.24) is 23.9 Å². The Kier molecular flexibility index (Phi) is 5.46. The van der Waals surface area contributed by atoms with E-state index in [4.69, 9.17) is 14.5 Å². The number of imidazole rings is 2. The maximum Gasteiger partial charge on any atom is 0.180 e. The summed E-state index contributed by atoms with van der Waals surface area (Å²) in [4.78, 5) is 16.2. The van der Waals surface area contributed by atoms with Gasteiger partial charge in [-0.2, -0.15) is 0 Å². The second-order valence-corrected chi connectivity index (χ2v) is 8.53. The van der Waals surface area contributed by atoms with Crippen molar-refractivity contribution in [1.29, 1.82) is 0 Å². The Labute approximate surface area is 203 Å². The third-order valence-corrected chi connectivity index (χ3v) is 6.27. The lowest BCUT2D eigenvalue weighted by atomic mass is 10.1. The predicted molar refractivity (Wildman–Crippen MR) is 137 cm³/mol. The molecule has 0 radical (unpaired) electrons. The summed E-state index contributed by atoms with van der Waals surface area (Å²) in [6.07, 6.45) is 7.54. The fraction of sp³-hybridized carbons (Fsp3) is 0.269. The highest BCUT2D eigenvalue weighted by atomic mass is 16.5. The molecule has 6 rings (SSSR count). The van der Waals surface area contributed by atoms with Crippen LogP contribution in [0.2, 0.25) is 0 Å². The third kappa shape index (κ3) is 4.04. The molecular weight excluding hydrogens is 442 g/mol. The molecule has 0 amide bonds.